The minimum absolute atomic E-state index is 1.50. The Bertz CT molecular complexity index is 28.5. The highest BCUT2D eigenvalue weighted by atomic mass is 14.0. The van der Waals surface area contributed by atoms with Gasteiger partial charge >= 0.3 is 0 Å². The van der Waals surface area contributed by atoms with Crippen molar-refractivity contribution in [3.63, 3.8) is 0 Å². The molecule has 0 amide bonds. The summed E-state index contributed by atoms with van der Waals surface area (Å²) in [6.45, 7) is 0. The minimum atomic E-state index is 1.50. The van der Waals surface area contributed by atoms with E-state index in [1.54, 1.807) is 0 Å². The Morgan fingerprint density at radius 2 is 0.333 bits per heavy atom. The molecule has 0 radical (unpaired) electrons. The van der Waals surface area contributed by atoms with Crippen molar-refractivity contribution in [3.8, 4) is 0 Å². The zero-order valence-corrected chi connectivity index (χ0v) is 6.36. The summed E-state index contributed by atoms with van der Waals surface area (Å²) in [5.41, 5.74) is 0. The lowest BCUT2D eigenvalue weighted by Crippen LogP contribution is -0.856. The van der Waals surface area contributed by atoms with Crippen molar-refractivity contribution in [2.75, 3.05) is 0 Å². The number of hydrogen-bond donors (Lipinski definition) is 0. The summed E-state index contributed by atoms with van der Waals surface area (Å²) in [5.74, 6) is 0. The smallest absolute Gasteiger partial charge is 0.0533 e. The molecule has 3 aliphatic carbocycles. The molecular formula is C9H18. The monoisotopic (exact) mass is 126 g/mol. The van der Waals surface area contributed by atoms with Crippen LogP contribution >= 0.6 is 0 Å². The largest absolute Gasteiger partial charge is 0.0533 e. The quantitative estimate of drug-likeness (QED) is 0.466. The van der Waals surface area contributed by atoms with Crippen LogP contribution in [0.5, 0.6) is 0 Å². The third-order valence-electron chi connectivity index (χ3n) is 1.06. The average molecular weight is 126 g/mol. The van der Waals surface area contributed by atoms with Crippen LogP contribution in [0.15, 0.2) is 0 Å². The van der Waals surface area contributed by atoms with E-state index in [1.807, 2.05) is 0 Å². The van der Waals surface area contributed by atoms with Crippen molar-refractivity contribution in [1.29, 1.82) is 0 Å². The van der Waals surface area contributed by atoms with E-state index in [1.165, 1.54) is 57.8 Å². The van der Waals surface area contributed by atoms with Crippen LogP contribution in [0.1, 0.15) is 57.8 Å². The lowest BCUT2D eigenvalue weighted by atomic mass is 11.0. The van der Waals surface area contributed by atoms with Crippen molar-refractivity contribution < 1.29 is 0 Å². The summed E-state index contributed by atoms with van der Waals surface area (Å²) in [6.07, 6.45) is 13.5. The maximum atomic E-state index is 1.50. The molecule has 0 heteroatoms. The summed E-state index contributed by atoms with van der Waals surface area (Å²) < 4.78 is 0. The molecule has 0 aromatic carbocycles. The lowest BCUT2D eigenvalue weighted by molar-refractivity contribution is 1.50. The first-order chi connectivity index (χ1) is 4.50. The predicted octanol–water partition coefficient (Wildman–Crippen LogP) is 3.51. The van der Waals surface area contributed by atoms with E-state index in [-0.39, 0.29) is 0 Å². The third kappa shape index (κ3) is 32.0. The Morgan fingerprint density at radius 3 is 0.333 bits per heavy atom. The van der Waals surface area contributed by atoms with Gasteiger partial charge in [-0.15, -0.1) is 0 Å². The second kappa shape index (κ2) is 4.84. The Balaban J connectivity index is 0.0000000675. The van der Waals surface area contributed by atoms with Gasteiger partial charge in [0.2, 0.25) is 0 Å². The standard InChI is InChI=1S/3C3H6/c3*1-2-3-1/h3*1-3H2. The van der Waals surface area contributed by atoms with Crippen LogP contribution in [0.25, 0.3) is 0 Å². The molecule has 54 valence electrons. The first-order valence-corrected chi connectivity index (χ1v) is 4.50. The zero-order valence-electron chi connectivity index (χ0n) is 6.36. The molecule has 0 heterocycles. The van der Waals surface area contributed by atoms with E-state index in [0.717, 1.165) is 0 Å². The fraction of sp³-hybridized carbons (Fsp3) is 1.00. The molecule has 0 aromatic rings. The van der Waals surface area contributed by atoms with Crippen LogP contribution in [0, 0.1) is 0 Å². The van der Waals surface area contributed by atoms with Crippen molar-refractivity contribution in [1.82, 2.24) is 0 Å². The summed E-state index contributed by atoms with van der Waals surface area (Å²) >= 11 is 0. The van der Waals surface area contributed by atoms with Gasteiger partial charge < -0.3 is 0 Å². The molecule has 0 N–H and O–H groups in total. The lowest BCUT2D eigenvalue weighted by Gasteiger charge is -1.05. The highest BCUT2D eigenvalue weighted by molar-refractivity contribution is 4.51. The zero-order chi connectivity index (χ0) is 6.36. The SMILES string of the molecule is C1CC1.C1CC1.C1CC1. The minimum Gasteiger partial charge on any atom is -0.0533 e. The summed E-state index contributed by atoms with van der Waals surface area (Å²) in [7, 11) is 0. The fourth-order valence-electron chi connectivity index (χ4n) is 0. The van der Waals surface area contributed by atoms with E-state index in [0.29, 0.717) is 0 Å². The second-order valence-corrected chi connectivity index (χ2v) is 3.18. The van der Waals surface area contributed by atoms with E-state index in [2.05, 4.69) is 0 Å². The Morgan fingerprint density at radius 1 is 0.222 bits per heavy atom. The third-order valence-corrected chi connectivity index (χ3v) is 1.06. The second-order valence-electron chi connectivity index (χ2n) is 3.18. The molecule has 0 bridgehead atoms. The Hall–Kier alpha value is 0. The summed E-state index contributed by atoms with van der Waals surface area (Å²) in [6, 6.07) is 0. The number of rotatable bonds is 0. The van der Waals surface area contributed by atoms with Crippen LogP contribution in [-0.4, -0.2) is 0 Å². The topological polar surface area (TPSA) is 0 Å². The van der Waals surface area contributed by atoms with Crippen LogP contribution in [0.2, 0.25) is 0 Å². The van der Waals surface area contributed by atoms with Gasteiger partial charge in [0.05, 0.1) is 0 Å². The molecule has 0 nitrogen and oxygen atoms in total. The molecule has 0 aromatic heterocycles. The predicted molar refractivity (Wildman–Crippen MR) is 41.6 cm³/mol. The maximum Gasteiger partial charge on any atom is -0.0533 e. The van der Waals surface area contributed by atoms with Gasteiger partial charge in [-0.05, 0) is 0 Å². The van der Waals surface area contributed by atoms with Crippen LogP contribution < -0.4 is 0 Å². The molecule has 9 heavy (non-hydrogen) atoms. The molecule has 0 saturated heterocycles. The van der Waals surface area contributed by atoms with Crippen molar-refractivity contribution in [2.24, 2.45) is 0 Å². The summed E-state index contributed by atoms with van der Waals surface area (Å²) in [5, 5.41) is 0. The van der Waals surface area contributed by atoms with E-state index < -0.39 is 0 Å². The Kier molecular flexibility index (Phi) is 3.82. The van der Waals surface area contributed by atoms with Gasteiger partial charge in [-0.3, -0.25) is 0 Å². The molecule has 0 unspecified atom stereocenters. The van der Waals surface area contributed by atoms with Crippen molar-refractivity contribution in [3.05, 3.63) is 0 Å². The van der Waals surface area contributed by atoms with E-state index in [4.69, 9.17) is 0 Å². The molecule has 0 spiro atoms. The van der Waals surface area contributed by atoms with Crippen LogP contribution in [0.3, 0.4) is 0 Å². The van der Waals surface area contributed by atoms with Gasteiger partial charge in [0, 0.05) is 0 Å². The fourth-order valence-corrected chi connectivity index (χ4v) is 0. The Labute approximate surface area is 58.7 Å². The first-order valence-electron chi connectivity index (χ1n) is 4.50. The summed E-state index contributed by atoms with van der Waals surface area (Å²) in [4.78, 5) is 0. The molecular weight excluding hydrogens is 108 g/mol. The van der Waals surface area contributed by atoms with E-state index >= 15 is 0 Å². The van der Waals surface area contributed by atoms with Gasteiger partial charge in [0.1, 0.15) is 0 Å². The molecule has 3 fully saturated rings. The molecule has 0 aliphatic heterocycles. The van der Waals surface area contributed by atoms with Gasteiger partial charge in [-0.25, -0.2) is 0 Å². The van der Waals surface area contributed by atoms with Crippen LogP contribution in [-0.2, 0) is 0 Å². The highest BCUT2D eigenvalue weighted by Crippen LogP contribution is 2.15. The normalized spacial score (nSPS) is 24.0. The highest BCUT2D eigenvalue weighted by Gasteiger charge is 1.95. The van der Waals surface area contributed by atoms with Crippen LogP contribution in [0.4, 0.5) is 0 Å². The van der Waals surface area contributed by atoms with Crippen molar-refractivity contribution in [2.45, 2.75) is 57.8 Å². The molecule has 3 aliphatic rings. The van der Waals surface area contributed by atoms with Gasteiger partial charge in [0.15, 0.2) is 0 Å². The number of hydrogen-bond acceptors (Lipinski definition) is 0. The van der Waals surface area contributed by atoms with E-state index in [9.17, 15) is 0 Å². The maximum absolute atomic E-state index is 1.50. The van der Waals surface area contributed by atoms with Gasteiger partial charge in [0.25, 0.3) is 0 Å². The molecule has 3 saturated carbocycles. The molecule has 0 atom stereocenters. The van der Waals surface area contributed by atoms with Gasteiger partial charge in [-0.1, -0.05) is 57.8 Å². The first kappa shape index (κ1) is 7.11. The molecule has 3 rings (SSSR count). The average Bonchev–Trinajstić information content (AvgIpc) is 2.70. The van der Waals surface area contributed by atoms with Gasteiger partial charge in [-0.2, -0.15) is 0 Å². The van der Waals surface area contributed by atoms with Crippen molar-refractivity contribution >= 4 is 0 Å².